The zero-order valence-electron chi connectivity index (χ0n) is 19.2. The molecule has 4 aromatic rings. The van der Waals surface area contributed by atoms with Crippen molar-refractivity contribution in [3.05, 3.63) is 66.1 Å². The summed E-state index contributed by atoms with van der Waals surface area (Å²) in [6.07, 6.45) is 6.46. The molecule has 1 aliphatic rings. The Bertz CT molecular complexity index is 1480. The van der Waals surface area contributed by atoms with E-state index in [1.807, 2.05) is 10.8 Å². The highest BCUT2D eigenvalue weighted by Gasteiger charge is 2.32. The van der Waals surface area contributed by atoms with E-state index < -0.39 is 9.84 Å². The van der Waals surface area contributed by atoms with Crippen molar-refractivity contribution in [3.63, 3.8) is 0 Å². The summed E-state index contributed by atoms with van der Waals surface area (Å²) >= 11 is 0. The summed E-state index contributed by atoms with van der Waals surface area (Å²) in [4.78, 5) is 22.1. The fraction of sp³-hybridized carbons (Fsp3) is 0.333. The number of hydrogen-bond donors (Lipinski definition) is 1. The molecule has 11 heteroatoms. The Morgan fingerprint density at radius 2 is 2.06 bits per heavy atom. The van der Waals surface area contributed by atoms with Gasteiger partial charge in [0.2, 0.25) is 0 Å². The first kappa shape index (κ1) is 23.2. The van der Waals surface area contributed by atoms with E-state index in [2.05, 4.69) is 15.4 Å². The maximum Gasteiger partial charge on any atom is 0.252 e. The van der Waals surface area contributed by atoms with Crippen LogP contribution >= 0.6 is 0 Å². The molecule has 0 saturated carbocycles. The summed E-state index contributed by atoms with van der Waals surface area (Å²) in [7, 11) is -3.15. The second kappa shape index (κ2) is 9.21. The van der Waals surface area contributed by atoms with Crippen LogP contribution in [0.2, 0.25) is 0 Å². The molecule has 35 heavy (non-hydrogen) atoms. The first-order valence-electron chi connectivity index (χ1n) is 11.4. The van der Waals surface area contributed by atoms with Crippen LogP contribution in [0.15, 0.2) is 49.1 Å². The molecule has 1 aromatic carbocycles. The smallest absolute Gasteiger partial charge is 0.252 e. The Morgan fingerprint density at radius 3 is 2.74 bits per heavy atom. The second-order valence-electron chi connectivity index (χ2n) is 8.76. The first-order chi connectivity index (χ1) is 16.8. The van der Waals surface area contributed by atoms with Gasteiger partial charge in [0.25, 0.3) is 5.91 Å². The molecule has 0 radical (unpaired) electrons. The van der Waals surface area contributed by atoms with Gasteiger partial charge >= 0.3 is 0 Å². The highest BCUT2D eigenvalue weighted by Crippen LogP contribution is 2.32. The van der Waals surface area contributed by atoms with Crippen molar-refractivity contribution in [2.45, 2.75) is 32.4 Å². The minimum Gasteiger partial charge on any atom is -0.352 e. The Hall–Kier alpha value is -3.60. The number of carbonyl (C=O) groups is 1. The molecule has 182 valence electrons. The van der Waals surface area contributed by atoms with Crippen molar-refractivity contribution >= 4 is 26.8 Å². The molecule has 0 aliphatic carbocycles. The van der Waals surface area contributed by atoms with Gasteiger partial charge in [0.1, 0.15) is 5.82 Å². The van der Waals surface area contributed by atoms with Crippen molar-refractivity contribution in [1.29, 1.82) is 0 Å². The van der Waals surface area contributed by atoms with Gasteiger partial charge in [-0.2, -0.15) is 5.10 Å². The third-order valence-corrected chi connectivity index (χ3v) is 7.96. The largest absolute Gasteiger partial charge is 0.352 e. The van der Waals surface area contributed by atoms with E-state index in [1.165, 1.54) is 12.1 Å². The topological polar surface area (TPSA) is 112 Å². The Kier molecular flexibility index (Phi) is 6.10. The summed E-state index contributed by atoms with van der Waals surface area (Å²) in [6, 6.07) is 7.21. The zero-order chi connectivity index (χ0) is 24.6. The molecule has 1 fully saturated rings. The van der Waals surface area contributed by atoms with E-state index in [4.69, 9.17) is 4.98 Å². The van der Waals surface area contributed by atoms with Gasteiger partial charge in [0.05, 0.1) is 46.2 Å². The lowest BCUT2D eigenvalue weighted by molar-refractivity contribution is 0.0954. The Labute approximate surface area is 201 Å². The number of imidazole rings is 1. The van der Waals surface area contributed by atoms with Crippen molar-refractivity contribution in [2.75, 3.05) is 18.1 Å². The predicted octanol–water partition coefficient (Wildman–Crippen LogP) is 2.92. The maximum absolute atomic E-state index is 13.5. The van der Waals surface area contributed by atoms with Crippen LogP contribution in [0.3, 0.4) is 0 Å². The van der Waals surface area contributed by atoms with E-state index in [0.717, 1.165) is 13.0 Å². The van der Waals surface area contributed by atoms with Crippen LogP contribution in [0, 0.1) is 12.7 Å². The van der Waals surface area contributed by atoms with Gasteiger partial charge in [-0.25, -0.2) is 27.5 Å². The van der Waals surface area contributed by atoms with Gasteiger partial charge in [0.15, 0.2) is 15.5 Å². The van der Waals surface area contributed by atoms with Gasteiger partial charge in [-0.15, -0.1) is 0 Å². The minimum absolute atomic E-state index is 0.0124. The van der Waals surface area contributed by atoms with Crippen molar-refractivity contribution in [1.82, 2.24) is 29.6 Å². The number of sulfone groups is 1. The third kappa shape index (κ3) is 4.81. The van der Waals surface area contributed by atoms with Crippen LogP contribution in [0.1, 0.15) is 34.9 Å². The first-order valence-corrected chi connectivity index (χ1v) is 13.2. The molecule has 0 spiro atoms. The number of hydrogen-bond acceptors (Lipinski definition) is 6. The number of amides is 1. The molecule has 1 amide bonds. The number of benzene rings is 1. The molecule has 0 bridgehead atoms. The number of pyridine rings is 1. The SMILES string of the molecule is Cc1nn([C@@H]2CCS(=O)(=O)C2)c2nc(-c3ccc(F)cc3)cc(C(=O)NCCCn3ccnc3)c12. The van der Waals surface area contributed by atoms with Crippen molar-refractivity contribution in [3.8, 4) is 11.3 Å². The molecule has 1 saturated heterocycles. The van der Waals surface area contributed by atoms with Crippen LogP contribution in [0.25, 0.3) is 22.3 Å². The summed E-state index contributed by atoms with van der Waals surface area (Å²) in [6.45, 7) is 2.97. The number of nitrogens with zero attached hydrogens (tertiary/aromatic N) is 5. The fourth-order valence-electron chi connectivity index (χ4n) is 4.46. The van der Waals surface area contributed by atoms with Gasteiger partial charge in [0, 0.05) is 31.0 Å². The van der Waals surface area contributed by atoms with Crippen LogP contribution in [-0.2, 0) is 16.4 Å². The molecule has 0 unspecified atom stereocenters. The Morgan fingerprint density at radius 1 is 1.26 bits per heavy atom. The molecule has 1 N–H and O–H groups in total. The van der Waals surface area contributed by atoms with Crippen LogP contribution < -0.4 is 5.32 Å². The van der Waals surface area contributed by atoms with E-state index in [0.29, 0.717) is 46.5 Å². The van der Waals surface area contributed by atoms with Crippen LogP contribution in [-0.4, -0.2) is 56.7 Å². The zero-order valence-corrected chi connectivity index (χ0v) is 20.0. The van der Waals surface area contributed by atoms with Gasteiger partial charge in [-0.1, -0.05) is 0 Å². The fourth-order valence-corrected chi connectivity index (χ4v) is 6.15. The average Bonchev–Trinajstić information content (AvgIpc) is 3.56. The highest BCUT2D eigenvalue weighted by atomic mass is 32.2. The van der Waals surface area contributed by atoms with E-state index in [9.17, 15) is 17.6 Å². The van der Waals surface area contributed by atoms with E-state index in [1.54, 1.807) is 42.3 Å². The third-order valence-electron chi connectivity index (χ3n) is 6.21. The summed E-state index contributed by atoms with van der Waals surface area (Å²) in [5.74, 6) is -0.558. The lowest BCUT2D eigenvalue weighted by atomic mass is 10.0. The standard InChI is InChI=1S/C24H25FN6O3S/c1-16-22-20(24(32)27-8-2-10-30-11-9-26-15-30)13-21(17-3-5-18(25)6-4-17)28-23(22)31(29-16)19-7-12-35(33,34)14-19/h3-6,9,11,13,15,19H,2,7-8,10,12,14H2,1H3,(H,27,32)/t19-/m1/s1. The number of nitrogens with one attached hydrogen (secondary N) is 1. The molecule has 9 nitrogen and oxygen atoms in total. The molecule has 4 heterocycles. The number of fused-ring (bicyclic) bond motifs is 1. The molecule has 1 aliphatic heterocycles. The quantitative estimate of drug-likeness (QED) is 0.394. The molecule has 5 rings (SSSR count). The molecule has 3 aromatic heterocycles. The number of aromatic nitrogens is 5. The summed E-state index contributed by atoms with van der Waals surface area (Å²) < 4.78 is 41.3. The second-order valence-corrected chi connectivity index (χ2v) is 11.0. The number of rotatable bonds is 7. The maximum atomic E-state index is 13.5. The molecule has 1 atom stereocenters. The molecular formula is C24H25FN6O3S. The summed E-state index contributed by atoms with van der Waals surface area (Å²) in [5, 5.41) is 8.16. The average molecular weight is 497 g/mol. The molecular weight excluding hydrogens is 471 g/mol. The van der Waals surface area contributed by atoms with Crippen molar-refractivity contribution < 1.29 is 17.6 Å². The van der Waals surface area contributed by atoms with Crippen LogP contribution in [0.5, 0.6) is 0 Å². The van der Waals surface area contributed by atoms with Crippen molar-refractivity contribution in [2.24, 2.45) is 0 Å². The monoisotopic (exact) mass is 496 g/mol. The van der Waals surface area contributed by atoms with Gasteiger partial charge in [-0.3, -0.25) is 4.79 Å². The van der Waals surface area contributed by atoms with E-state index in [-0.39, 0.29) is 29.3 Å². The number of aryl methyl sites for hydroxylation is 2. The normalized spacial score (nSPS) is 17.1. The van der Waals surface area contributed by atoms with E-state index >= 15 is 0 Å². The highest BCUT2D eigenvalue weighted by molar-refractivity contribution is 7.91. The van der Waals surface area contributed by atoms with Crippen LogP contribution in [0.4, 0.5) is 4.39 Å². The van der Waals surface area contributed by atoms with Gasteiger partial charge in [-0.05, 0) is 50.1 Å². The Balaban J connectivity index is 1.52. The van der Waals surface area contributed by atoms with Gasteiger partial charge < -0.3 is 9.88 Å². The number of carbonyl (C=O) groups excluding carboxylic acids is 1. The lowest BCUT2D eigenvalue weighted by Crippen LogP contribution is -2.25. The lowest BCUT2D eigenvalue weighted by Gasteiger charge is -2.12. The number of halogens is 1. The summed E-state index contributed by atoms with van der Waals surface area (Å²) in [5.41, 5.74) is 2.59. The predicted molar refractivity (Wildman–Crippen MR) is 129 cm³/mol. The minimum atomic E-state index is -3.15.